The summed E-state index contributed by atoms with van der Waals surface area (Å²) in [5, 5.41) is 13.2. The number of aromatic hydroxyl groups is 1. The van der Waals surface area contributed by atoms with Crippen LogP contribution in [-0.2, 0) is 0 Å². The fourth-order valence-electron chi connectivity index (χ4n) is 2.00. The van der Waals surface area contributed by atoms with E-state index in [9.17, 15) is 5.11 Å². The molecular weight excluding hydrogens is 186 g/mol. The highest BCUT2D eigenvalue weighted by Gasteiger charge is 2.18. The van der Waals surface area contributed by atoms with Gasteiger partial charge in [-0.2, -0.15) is 0 Å². The topological polar surface area (TPSA) is 32.3 Å². The van der Waals surface area contributed by atoms with Gasteiger partial charge in [0.15, 0.2) is 0 Å². The molecule has 1 aliphatic carbocycles. The van der Waals surface area contributed by atoms with Crippen molar-refractivity contribution >= 4 is 0 Å². The molecule has 1 unspecified atom stereocenters. The van der Waals surface area contributed by atoms with Gasteiger partial charge >= 0.3 is 0 Å². The number of phenols is 1. The van der Waals surface area contributed by atoms with Gasteiger partial charge < -0.3 is 10.4 Å². The first-order valence-corrected chi connectivity index (χ1v) is 5.78. The lowest BCUT2D eigenvalue weighted by Crippen LogP contribution is -2.29. The minimum Gasteiger partial charge on any atom is -0.508 e. The standard InChI is InChI=1S/C13H19NO/c1-10(14-9-11-5-4-6-11)12-7-2-3-8-13(12)15/h2-3,7-8,10-11,14-15H,4-6,9H2,1H3. The maximum Gasteiger partial charge on any atom is 0.120 e. The molecule has 82 valence electrons. The Bertz CT molecular complexity index is 320. The Morgan fingerprint density at radius 3 is 2.73 bits per heavy atom. The number of para-hydroxylation sites is 1. The van der Waals surface area contributed by atoms with Gasteiger partial charge in [0.2, 0.25) is 0 Å². The van der Waals surface area contributed by atoms with E-state index in [0.717, 1.165) is 18.0 Å². The van der Waals surface area contributed by atoms with E-state index in [2.05, 4.69) is 12.2 Å². The van der Waals surface area contributed by atoms with Gasteiger partial charge in [-0.1, -0.05) is 24.6 Å². The van der Waals surface area contributed by atoms with Crippen LogP contribution in [0.2, 0.25) is 0 Å². The SMILES string of the molecule is CC(NCC1CCC1)c1ccccc1O. The van der Waals surface area contributed by atoms with Gasteiger partial charge in [-0.15, -0.1) is 0 Å². The van der Waals surface area contributed by atoms with Crippen LogP contribution in [0.15, 0.2) is 24.3 Å². The third kappa shape index (κ3) is 2.51. The molecule has 2 rings (SSSR count). The maximum absolute atomic E-state index is 9.68. The lowest BCUT2D eigenvalue weighted by Gasteiger charge is -2.27. The largest absolute Gasteiger partial charge is 0.508 e. The molecule has 15 heavy (non-hydrogen) atoms. The molecular formula is C13H19NO. The average molecular weight is 205 g/mol. The zero-order valence-electron chi connectivity index (χ0n) is 9.24. The molecule has 2 heteroatoms. The molecule has 0 bridgehead atoms. The first-order chi connectivity index (χ1) is 7.27. The fraction of sp³-hybridized carbons (Fsp3) is 0.538. The van der Waals surface area contributed by atoms with Crippen molar-refractivity contribution in [2.24, 2.45) is 5.92 Å². The highest BCUT2D eigenvalue weighted by Crippen LogP contribution is 2.27. The molecule has 0 spiro atoms. The maximum atomic E-state index is 9.68. The van der Waals surface area contributed by atoms with Crippen LogP contribution < -0.4 is 5.32 Å². The van der Waals surface area contributed by atoms with Crippen LogP contribution >= 0.6 is 0 Å². The van der Waals surface area contributed by atoms with Crippen molar-refractivity contribution in [3.05, 3.63) is 29.8 Å². The third-order valence-electron chi connectivity index (χ3n) is 3.34. The lowest BCUT2D eigenvalue weighted by molar-refractivity contribution is 0.291. The van der Waals surface area contributed by atoms with Crippen molar-refractivity contribution in [2.75, 3.05) is 6.54 Å². The summed E-state index contributed by atoms with van der Waals surface area (Å²) in [6, 6.07) is 7.80. The highest BCUT2D eigenvalue weighted by atomic mass is 16.3. The molecule has 0 radical (unpaired) electrons. The number of benzene rings is 1. The minimum absolute atomic E-state index is 0.242. The first-order valence-electron chi connectivity index (χ1n) is 5.78. The predicted octanol–water partition coefficient (Wildman–Crippen LogP) is 2.84. The summed E-state index contributed by atoms with van der Waals surface area (Å²) in [6.07, 6.45) is 4.11. The van der Waals surface area contributed by atoms with Crippen molar-refractivity contribution in [1.82, 2.24) is 5.32 Å². The predicted molar refractivity (Wildman–Crippen MR) is 61.9 cm³/mol. The summed E-state index contributed by atoms with van der Waals surface area (Å²) in [4.78, 5) is 0. The molecule has 1 fully saturated rings. The summed E-state index contributed by atoms with van der Waals surface area (Å²) in [5.74, 6) is 1.25. The van der Waals surface area contributed by atoms with E-state index in [1.165, 1.54) is 19.3 Å². The summed E-state index contributed by atoms with van der Waals surface area (Å²) in [6.45, 7) is 3.18. The second-order valence-electron chi connectivity index (χ2n) is 4.49. The van der Waals surface area contributed by atoms with Crippen molar-refractivity contribution in [3.63, 3.8) is 0 Å². The lowest BCUT2D eigenvalue weighted by atomic mass is 9.85. The number of nitrogens with one attached hydrogen (secondary N) is 1. The highest BCUT2D eigenvalue weighted by molar-refractivity contribution is 5.34. The summed E-state index contributed by atoms with van der Waals surface area (Å²) in [5.41, 5.74) is 0.997. The van der Waals surface area contributed by atoms with E-state index < -0.39 is 0 Å². The van der Waals surface area contributed by atoms with Gasteiger partial charge in [-0.3, -0.25) is 0 Å². The number of hydrogen-bond donors (Lipinski definition) is 2. The smallest absolute Gasteiger partial charge is 0.120 e. The van der Waals surface area contributed by atoms with Crippen LogP contribution in [0.1, 0.15) is 37.8 Å². The molecule has 0 heterocycles. The van der Waals surface area contributed by atoms with Crippen LogP contribution in [0.3, 0.4) is 0 Å². The zero-order chi connectivity index (χ0) is 10.7. The number of hydrogen-bond acceptors (Lipinski definition) is 2. The zero-order valence-corrected chi connectivity index (χ0v) is 9.24. The van der Waals surface area contributed by atoms with Gasteiger partial charge in [-0.25, -0.2) is 0 Å². The Kier molecular flexibility index (Phi) is 3.27. The fourth-order valence-corrected chi connectivity index (χ4v) is 2.00. The molecule has 0 aliphatic heterocycles. The Morgan fingerprint density at radius 2 is 2.13 bits per heavy atom. The molecule has 0 amide bonds. The summed E-state index contributed by atoms with van der Waals surface area (Å²) in [7, 11) is 0. The summed E-state index contributed by atoms with van der Waals surface area (Å²) >= 11 is 0. The molecule has 1 aromatic rings. The number of rotatable bonds is 4. The molecule has 1 saturated carbocycles. The molecule has 2 N–H and O–H groups in total. The van der Waals surface area contributed by atoms with Crippen molar-refractivity contribution in [3.8, 4) is 5.75 Å². The van der Waals surface area contributed by atoms with E-state index in [4.69, 9.17) is 0 Å². The Labute approximate surface area is 91.3 Å². The Hall–Kier alpha value is -1.02. The van der Waals surface area contributed by atoms with Crippen LogP contribution in [0.25, 0.3) is 0 Å². The minimum atomic E-state index is 0.242. The van der Waals surface area contributed by atoms with E-state index in [0.29, 0.717) is 5.75 Å². The van der Waals surface area contributed by atoms with Gasteiger partial charge in [0.05, 0.1) is 0 Å². The monoisotopic (exact) mass is 205 g/mol. The second kappa shape index (κ2) is 4.67. The Morgan fingerprint density at radius 1 is 1.40 bits per heavy atom. The van der Waals surface area contributed by atoms with Gasteiger partial charge in [0.1, 0.15) is 5.75 Å². The van der Waals surface area contributed by atoms with Gasteiger partial charge in [0.25, 0.3) is 0 Å². The van der Waals surface area contributed by atoms with Gasteiger partial charge in [-0.05, 0) is 38.3 Å². The van der Waals surface area contributed by atoms with Crippen LogP contribution in [0.5, 0.6) is 5.75 Å². The molecule has 2 nitrogen and oxygen atoms in total. The van der Waals surface area contributed by atoms with E-state index in [1.807, 2.05) is 18.2 Å². The molecule has 1 atom stereocenters. The van der Waals surface area contributed by atoms with Gasteiger partial charge in [0, 0.05) is 11.6 Å². The Balaban J connectivity index is 1.89. The molecule has 1 aliphatic rings. The average Bonchev–Trinajstić information content (AvgIpc) is 2.16. The van der Waals surface area contributed by atoms with Crippen molar-refractivity contribution in [2.45, 2.75) is 32.2 Å². The second-order valence-corrected chi connectivity index (χ2v) is 4.49. The van der Waals surface area contributed by atoms with Crippen LogP contribution in [-0.4, -0.2) is 11.7 Å². The van der Waals surface area contributed by atoms with E-state index in [-0.39, 0.29) is 6.04 Å². The van der Waals surface area contributed by atoms with Crippen LogP contribution in [0, 0.1) is 5.92 Å². The van der Waals surface area contributed by atoms with E-state index in [1.54, 1.807) is 6.07 Å². The molecule has 0 saturated heterocycles. The normalized spacial score (nSPS) is 18.5. The summed E-state index contributed by atoms with van der Waals surface area (Å²) < 4.78 is 0. The number of phenolic OH excluding ortho intramolecular Hbond substituents is 1. The van der Waals surface area contributed by atoms with Crippen molar-refractivity contribution < 1.29 is 5.11 Å². The van der Waals surface area contributed by atoms with Crippen molar-refractivity contribution in [1.29, 1.82) is 0 Å². The van der Waals surface area contributed by atoms with E-state index >= 15 is 0 Å². The van der Waals surface area contributed by atoms with Crippen LogP contribution in [0.4, 0.5) is 0 Å². The quantitative estimate of drug-likeness (QED) is 0.792. The third-order valence-corrected chi connectivity index (χ3v) is 3.34. The molecule has 0 aromatic heterocycles. The molecule has 1 aromatic carbocycles. The first kappa shape index (κ1) is 10.5.